The zero-order valence-electron chi connectivity index (χ0n) is 15.3. The first kappa shape index (κ1) is 17.7. The van der Waals surface area contributed by atoms with Crippen molar-refractivity contribution in [3.05, 3.63) is 57.6 Å². The molecule has 1 unspecified atom stereocenters. The van der Waals surface area contributed by atoms with Crippen molar-refractivity contribution in [2.45, 2.75) is 18.8 Å². The molecule has 4 nitrogen and oxygen atoms in total. The number of hydrogen-bond acceptors (Lipinski definition) is 4. The van der Waals surface area contributed by atoms with Gasteiger partial charge in [-0.25, -0.2) is 0 Å². The smallest absolute Gasteiger partial charge is 0.188 e. The number of methoxy groups -OCH3 is 1. The second kappa shape index (κ2) is 7.47. The third-order valence-corrected chi connectivity index (χ3v) is 5.57. The van der Waals surface area contributed by atoms with Crippen molar-refractivity contribution in [3.8, 4) is 11.5 Å². The average molecular weight is 374 g/mol. The molecule has 2 aliphatic rings. The van der Waals surface area contributed by atoms with Gasteiger partial charge in [0.05, 0.1) is 11.6 Å². The van der Waals surface area contributed by atoms with Gasteiger partial charge in [0.15, 0.2) is 6.79 Å². The van der Waals surface area contributed by atoms with Gasteiger partial charge in [0.25, 0.3) is 0 Å². The van der Waals surface area contributed by atoms with Crippen LogP contribution in [0.25, 0.3) is 0 Å². The van der Waals surface area contributed by atoms with E-state index in [9.17, 15) is 0 Å². The number of benzene rings is 2. The lowest BCUT2D eigenvalue weighted by Crippen LogP contribution is -2.24. The highest BCUT2D eigenvalue weighted by Crippen LogP contribution is 2.42. The van der Waals surface area contributed by atoms with Crippen LogP contribution in [0, 0.1) is 0 Å². The molecule has 0 aliphatic carbocycles. The molecule has 26 heavy (non-hydrogen) atoms. The minimum absolute atomic E-state index is 0.187. The van der Waals surface area contributed by atoms with E-state index in [0.29, 0.717) is 10.8 Å². The van der Waals surface area contributed by atoms with Crippen molar-refractivity contribution in [1.29, 1.82) is 0 Å². The monoisotopic (exact) mass is 373 g/mol. The van der Waals surface area contributed by atoms with Gasteiger partial charge >= 0.3 is 0 Å². The van der Waals surface area contributed by atoms with Crippen molar-refractivity contribution < 1.29 is 14.2 Å². The van der Waals surface area contributed by atoms with Crippen LogP contribution < -0.4 is 9.47 Å². The number of para-hydroxylation sites is 1. The molecule has 138 valence electrons. The molecular formula is C21H24ClNO3. The number of ether oxygens (including phenoxy) is 3. The van der Waals surface area contributed by atoms with Crippen molar-refractivity contribution in [2.24, 2.45) is 0 Å². The standard InChI is InChI=1S/C21H24ClNO3/c1-23-8-6-15-10-19(22)20(26-13-24-2)11-17(15)18(12-23)16-5-3-4-14-7-9-25-21(14)16/h3-5,10-11,18H,6-9,12-13H2,1-2H3. The first-order valence-electron chi connectivity index (χ1n) is 9.04. The van der Waals surface area contributed by atoms with E-state index in [1.165, 1.54) is 22.3 Å². The van der Waals surface area contributed by atoms with E-state index < -0.39 is 0 Å². The molecule has 0 spiro atoms. The molecule has 0 saturated heterocycles. The summed E-state index contributed by atoms with van der Waals surface area (Å²) in [4.78, 5) is 2.38. The Balaban J connectivity index is 1.81. The first-order chi connectivity index (χ1) is 12.7. The zero-order valence-corrected chi connectivity index (χ0v) is 16.0. The SMILES string of the molecule is COCOc1cc2c(cc1Cl)CCN(C)CC2c1cccc2c1OCC2. The minimum Gasteiger partial charge on any atom is -0.493 e. The molecule has 2 aliphatic heterocycles. The Hall–Kier alpha value is -1.75. The highest BCUT2D eigenvalue weighted by Gasteiger charge is 2.29. The molecule has 0 bridgehead atoms. The number of fused-ring (bicyclic) bond motifs is 2. The summed E-state index contributed by atoms with van der Waals surface area (Å²) in [5.74, 6) is 1.97. The molecular weight excluding hydrogens is 350 g/mol. The predicted octanol–water partition coefficient (Wildman–Crippen LogP) is 3.88. The van der Waals surface area contributed by atoms with Gasteiger partial charge in [-0.3, -0.25) is 0 Å². The molecule has 2 aromatic carbocycles. The summed E-state index contributed by atoms with van der Waals surface area (Å²) < 4.78 is 16.7. The fraction of sp³-hybridized carbons (Fsp3) is 0.429. The Morgan fingerprint density at radius 2 is 2.08 bits per heavy atom. The van der Waals surface area contributed by atoms with E-state index in [2.05, 4.69) is 42.3 Å². The number of likely N-dealkylation sites (N-methyl/N-ethyl adjacent to an activating group) is 1. The molecule has 0 radical (unpaired) electrons. The largest absolute Gasteiger partial charge is 0.493 e. The second-order valence-electron chi connectivity index (χ2n) is 7.03. The molecule has 0 fully saturated rings. The number of rotatable bonds is 4. The normalized spacial score (nSPS) is 19.4. The van der Waals surface area contributed by atoms with Crippen LogP contribution in [0.5, 0.6) is 11.5 Å². The topological polar surface area (TPSA) is 30.9 Å². The minimum atomic E-state index is 0.187. The zero-order chi connectivity index (χ0) is 18.1. The third kappa shape index (κ3) is 3.29. The van der Waals surface area contributed by atoms with Gasteiger partial charge in [0.2, 0.25) is 0 Å². The lowest BCUT2D eigenvalue weighted by atomic mass is 9.86. The van der Waals surface area contributed by atoms with Crippen molar-refractivity contribution >= 4 is 11.6 Å². The van der Waals surface area contributed by atoms with E-state index in [1.54, 1.807) is 7.11 Å². The van der Waals surface area contributed by atoms with Crippen LogP contribution in [0.1, 0.15) is 28.2 Å². The quantitative estimate of drug-likeness (QED) is 0.761. The molecule has 2 aromatic rings. The predicted molar refractivity (Wildman–Crippen MR) is 103 cm³/mol. The van der Waals surface area contributed by atoms with Gasteiger partial charge in [-0.15, -0.1) is 0 Å². The van der Waals surface area contributed by atoms with E-state index >= 15 is 0 Å². The van der Waals surface area contributed by atoms with Crippen LogP contribution >= 0.6 is 11.6 Å². The maximum atomic E-state index is 6.46. The maximum absolute atomic E-state index is 6.46. The Bertz CT molecular complexity index is 808. The maximum Gasteiger partial charge on any atom is 0.188 e. The van der Waals surface area contributed by atoms with Gasteiger partial charge in [0, 0.05) is 38.1 Å². The summed E-state index contributed by atoms with van der Waals surface area (Å²) in [7, 11) is 3.78. The summed E-state index contributed by atoms with van der Waals surface area (Å²) in [5, 5.41) is 0.638. The fourth-order valence-electron chi connectivity index (χ4n) is 3.98. The highest BCUT2D eigenvalue weighted by atomic mass is 35.5. The van der Waals surface area contributed by atoms with E-state index in [-0.39, 0.29) is 12.7 Å². The Morgan fingerprint density at radius 3 is 2.92 bits per heavy atom. The second-order valence-corrected chi connectivity index (χ2v) is 7.44. The number of hydrogen-bond donors (Lipinski definition) is 0. The molecule has 0 saturated carbocycles. The van der Waals surface area contributed by atoms with Crippen molar-refractivity contribution in [3.63, 3.8) is 0 Å². The summed E-state index contributed by atoms with van der Waals surface area (Å²) in [6.07, 6.45) is 1.96. The third-order valence-electron chi connectivity index (χ3n) is 5.28. The van der Waals surface area contributed by atoms with Gasteiger partial charge in [-0.05, 0) is 42.3 Å². The van der Waals surface area contributed by atoms with Crippen LogP contribution in [0.3, 0.4) is 0 Å². The van der Waals surface area contributed by atoms with Crippen LogP contribution in [-0.4, -0.2) is 45.5 Å². The summed E-state index contributed by atoms with van der Waals surface area (Å²) >= 11 is 6.46. The first-order valence-corrected chi connectivity index (χ1v) is 9.42. The molecule has 0 aromatic heterocycles. The summed E-state index contributed by atoms with van der Waals surface area (Å²) in [6, 6.07) is 10.7. The van der Waals surface area contributed by atoms with E-state index in [0.717, 1.165) is 38.3 Å². The average Bonchev–Trinajstić information content (AvgIpc) is 3.06. The molecule has 2 heterocycles. The van der Waals surface area contributed by atoms with Crippen LogP contribution in [0.15, 0.2) is 30.3 Å². The van der Waals surface area contributed by atoms with Crippen LogP contribution in [0.2, 0.25) is 5.02 Å². The fourth-order valence-corrected chi connectivity index (χ4v) is 4.22. The Morgan fingerprint density at radius 1 is 1.19 bits per heavy atom. The van der Waals surface area contributed by atoms with Crippen LogP contribution in [-0.2, 0) is 17.6 Å². The van der Waals surface area contributed by atoms with E-state index in [4.69, 9.17) is 25.8 Å². The van der Waals surface area contributed by atoms with Crippen molar-refractivity contribution in [1.82, 2.24) is 4.90 Å². The van der Waals surface area contributed by atoms with Gasteiger partial charge in [-0.2, -0.15) is 0 Å². The van der Waals surface area contributed by atoms with Crippen molar-refractivity contribution in [2.75, 3.05) is 40.6 Å². The highest BCUT2D eigenvalue weighted by molar-refractivity contribution is 6.32. The number of nitrogens with zero attached hydrogens (tertiary/aromatic N) is 1. The summed E-state index contributed by atoms with van der Waals surface area (Å²) in [5.41, 5.74) is 5.12. The van der Waals surface area contributed by atoms with Gasteiger partial charge in [-0.1, -0.05) is 29.8 Å². The molecule has 0 amide bonds. The molecule has 0 N–H and O–H groups in total. The molecule has 1 atom stereocenters. The Labute approximate surface area is 159 Å². The number of halogens is 1. The lowest BCUT2D eigenvalue weighted by molar-refractivity contribution is 0.0511. The van der Waals surface area contributed by atoms with Gasteiger partial charge < -0.3 is 19.1 Å². The van der Waals surface area contributed by atoms with E-state index in [1.807, 2.05) is 0 Å². The van der Waals surface area contributed by atoms with Gasteiger partial charge in [0.1, 0.15) is 11.5 Å². The van der Waals surface area contributed by atoms with Crippen LogP contribution in [0.4, 0.5) is 0 Å². The molecule has 4 rings (SSSR count). The summed E-state index contributed by atoms with van der Waals surface area (Å²) in [6.45, 7) is 2.91. The lowest BCUT2D eigenvalue weighted by Gasteiger charge is -2.24. The Kier molecular flexibility index (Phi) is 5.07. The molecule has 5 heteroatoms.